The van der Waals surface area contributed by atoms with Crippen LogP contribution in [0.25, 0.3) is 0 Å². The number of nitrogens with one attached hydrogen (secondary N) is 2. The third kappa shape index (κ3) is 3.22. The molecule has 1 saturated heterocycles. The average molecular weight is 278 g/mol. The number of benzene rings is 1. The highest BCUT2D eigenvalue weighted by Gasteiger charge is 2.17. The fraction of sp³-hybridized carbons (Fsp3) is 0.500. The topological polar surface area (TPSA) is 50.4 Å². The molecule has 5 heteroatoms. The standard InChI is InChI=1S/C14H18N2O2S/c17-14-9-18-13-4-3-10(6-12(13)16-14)7-15-8-11-2-1-5-19-11/h3-4,6,11,15H,1-2,5,7-9H2,(H,16,17). The van der Waals surface area contributed by atoms with E-state index < -0.39 is 0 Å². The van der Waals surface area contributed by atoms with Crippen molar-refractivity contribution in [2.24, 2.45) is 0 Å². The van der Waals surface area contributed by atoms with Gasteiger partial charge in [-0.1, -0.05) is 6.07 Å². The Labute approximate surface area is 117 Å². The molecule has 1 aromatic carbocycles. The fourth-order valence-electron chi connectivity index (χ4n) is 2.42. The molecule has 4 nitrogen and oxygen atoms in total. The molecule has 3 rings (SSSR count). The molecule has 1 unspecified atom stereocenters. The molecular weight excluding hydrogens is 260 g/mol. The minimum atomic E-state index is -0.0834. The van der Waals surface area contributed by atoms with Gasteiger partial charge in [0.25, 0.3) is 5.91 Å². The van der Waals surface area contributed by atoms with Gasteiger partial charge >= 0.3 is 0 Å². The molecule has 0 aliphatic carbocycles. The van der Waals surface area contributed by atoms with Crippen molar-refractivity contribution in [3.05, 3.63) is 23.8 Å². The van der Waals surface area contributed by atoms with E-state index in [1.165, 1.54) is 24.2 Å². The van der Waals surface area contributed by atoms with Crippen LogP contribution in [0.5, 0.6) is 5.75 Å². The van der Waals surface area contributed by atoms with E-state index in [-0.39, 0.29) is 12.5 Å². The second-order valence-electron chi connectivity index (χ2n) is 4.93. The van der Waals surface area contributed by atoms with Crippen LogP contribution in [0, 0.1) is 0 Å². The maximum atomic E-state index is 11.3. The smallest absolute Gasteiger partial charge is 0.262 e. The van der Waals surface area contributed by atoms with Gasteiger partial charge in [0.05, 0.1) is 5.69 Å². The number of anilines is 1. The van der Waals surface area contributed by atoms with Crippen molar-refractivity contribution in [2.45, 2.75) is 24.6 Å². The lowest BCUT2D eigenvalue weighted by atomic mass is 10.1. The van der Waals surface area contributed by atoms with Gasteiger partial charge < -0.3 is 15.4 Å². The second-order valence-corrected chi connectivity index (χ2v) is 6.34. The number of carbonyl (C=O) groups is 1. The van der Waals surface area contributed by atoms with Gasteiger partial charge in [-0.25, -0.2) is 0 Å². The summed E-state index contributed by atoms with van der Waals surface area (Å²) in [6.07, 6.45) is 2.67. The van der Waals surface area contributed by atoms with Crippen molar-refractivity contribution >= 4 is 23.4 Å². The maximum absolute atomic E-state index is 11.3. The van der Waals surface area contributed by atoms with E-state index in [2.05, 4.69) is 22.4 Å². The molecule has 1 amide bonds. The monoisotopic (exact) mass is 278 g/mol. The molecule has 2 N–H and O–H groups in total. The van der Waals surface area contributed by atoms with Crippen molar-refractivity contribution in [3.8, 4) is 5.75 Å². The molecule has 102 valence electrons. The third-order valence-corrected chi connectivity index (χ3v) is 4.80. The summed E-state index contributed by atoms with van der Waals surface area (Å²) < 4.78 is 5.34. The summed E-state index contributed by atoms with van der Waals surface area (Å²) in [7, 11) is 0. The van der Waals surface area contributed by atoms with Crippen LogP contribution in [0.2, 0.25) is 0 Å². The maximum Gasteiger partial charge on any atom is 0.262 e. The van der Waals surface area contributed by atoms with E-state index in [1.807, 2.05) is 18.2 Å². The molecular formula is C14H18N2O2S. The molecule has 19 heavy (non-hydrogen) atoms. The first-order chi connectivity index (χ1) is 9.31. The van der Waals surface area contributed by atoms with Crippen LogP contribution in [-0.2, 0) is 11.3 Å². The number of hydrogen-bond acceptors (Lipinski definition) is 4. The van der Waals surface area contributed by atoms with E-state index in [0.717, 1.165) is 29.8 Å². The summed E-state index contributed by atoms with van der Waals surface area (Å²) in [5.41, 5.74) is 1.96. The van der Waals surface area contributed by atoms with Crippen LogP contribution in [0.1, 0.15) is 18.4 Å². The normalized spacial score (nSPS) is 21.7. The van der Waals surface area contributed by atoms with Crippen LogP contribution >= 0.6 is 11.8 Å². The Balaban J connectivity index is 1.56. The lowest BCUT2D eigenvalue weighted by Gasteiger charge is -2.18. The highest BCUT2D eigenvalue weighted by atomic mass is 32.2. The quantitative estimate of drug-likeness (QED) is 0.884. The van der Waals surface area contributed by atoms with Crippen LogP contribution < -0.4 is 15.4 Å². The summed E-state index contributed by atoms with van der Waals surface area (Å²) in [6.45, 7) is 2.01. The number of rotatable bonds is 4. The van der Waals surface area contributed by atoms with E-state index in [0.29, 0.717) is 0 Å². The van der Waals surface area contributed by atoms with Gasteiger partial charge in [-0.05, 0) is 36.3 Å². The fourth-order valence-corrected chi connectivity index (χ4v) is 3.66. The number of thioether (sulfide) groups is 1. The first kappa shape index (κ1) is 12.8. The lowest BCUT2D eigenvalue weighted by molar-refractivity contribution is -0.118. The number of ether oxygens (including phenoxy) is 1. The summed E-state index contributed by atoms with van der Waals surface area (Å²) in [4.78, 5) is 11.3. The molecule has 2 aliphatic heterocycles. The van der Waals surface area contributed by atoms with Gasteiger partial charge in [-0.15, -0.1) is 0 Å². The zero-order valence-electron chi connectivity index (χ0n) is 10.8. The van der Waals surface area contributed by atoms with E-state index in [9.17, 15) is 4.79 Å². The van der Waals surface area contributed by atoms with Crippen molar-refractivity contribution in [1.29, 1.82) is 0 Å². The Kier molecular flexibility index (Phi) is 3.94. The van der Waals surface area contributed by atoms with Crippen molar-refractivity contribution in [1.82, 2.24) is 5.32 Å². The average Bonchev–Trinajstić information content (AvgIpc) is 2.91. The molecule has 2 aliphatic rings. The molecule has 0 radical (unpaired) electrons. The van der Waals surface area contributed by atoms with Crippen LogP contribution in [-0.4, -0.2) is 30.1 Å². The molecule has 1 aromatic rings. The van der Waals surface area contributed by atoms with Crippen LogP contribution in [0.15, 0.2) is 18.2 Å². The minimum Gasteiger partial charge on any atom is -0.482 e. The summed E-state index contributed by atoms with van der Waals surface area (Å²) in [5.74, 6) is 1.98. The van der Waals surface area contributed by atoms with E-state index in [1.54, 1.807) is 0 Å². The SMILES string of the molecule is O=C1COc2ccc(CNCC3CCCS3)cc2N1. The predicted molar refractivity (Wildman–Crippen MR) is 77.8 cm³/mol. The molecule has 1 fully saturated rings. The Morgan fingerprint density at radius 3 is 3.26 bits per heavy atom. The van der Waals surface area contributed by atoms with Crippen molar-refractivity contribution < 1.29 is 9.53 Å². The van der Waals surface area contributed by atoms with Gasteiger partial charge in [0, 0.05) is 18.3 Å². The zero-order valence-corrected chi connectivity index (χ0v) is 11.6. The molecule has 0 saturated carbocycles. The first-order valence-corrected chi connectivity index (χ1v) is 7.74. The predicted octanol–water partition coefficient (Wildman–Crippen LogP) is 2.00. The molecule has 2 heterocycles. The van der Waals surface area contributed by atoms with Gasteiger partial charge in [0.1, 0.15) is 5.75 Å². The number of carbonyl (C=O) groups excluding carboxylic acids is 1. The van der Waals surface area contributed by atoms with Crippen LogP contribution in [0.4, 0.5) is 5.69 Å². The Morgan fingerprint density at radius 1 is 1.47 bits per heavy atom. The molecule has 0 bridgehead atoms. The Morgan fingerprint density at radius 2 is 2.42 bits per heavy atom. The van der Waals surface area contributed by atoms with Crippen molar-refractivity contribution in [3.63, 3.8) is 0 Å². The molecule has 1 atom stereocenters. The highest BCUT2D eigenvalue weighted by molar-refractivity contribution is 8.00. The van der Waals surface area contributed by atoms with E-state index >= 15 is 0 Å². The van der Waals surface area contributed by atoms with Gasteiger partial charge in [0.2, 0.25) is 0 Å². The number of hydrogen-bond donors (Lipinski definition) is 2. The lowest BCUT2D eigenvalue weighted by Crippen LogP contribution is -2.26. The van der Waals surface area contributed by atoms with Crippen molar-refractivity contribution in [2.75, 3.05) is 24.2 Å². The first-order valence-electron chi connectivity index (χ1n) is 6.69. The highest BCUT2D eigenvalue weighted by Crippen LogP contribution is 2.28. The Bertz CT molecular complexity index is 473. The molecule has 0 spiro atoms. The van der Waals surface area contributed by atoms with E-state index in [4.69, 9.17) is 4.74 Å². The Hall–Kier alpha value is -1.20. The van der Waals surface area contributed by atoms with Crippen LogP contribution in [0.3, 0.4) is 0 Å². The summed E-state index contributed by atoms with van der Waals surface area (Å²) in [6, 6.07) is 5.96. The number of amides is 1. The third-order valence-electron chi connectivity index (χ3n) is 3.40. The summed E-state index contributed by atoms with van der Waals surface area (Å²) in [5, 5.41) is 7.09. The second kappa shape index (κ2) is 5.84. The largest absolute Gasteiger partial charge is 0.482 e. The minimum absolute atomic E-state index is 0.0834. The van der Waals surface area contributed by atoms with Gasteiger partial charge in [-0.3, -0.25) is 4.79 Å². The number of fused-ring (bicyclic) bond motifs is 1. The zero-order chi connectivity index (χ0) is 13.1. The van der Waals surface area contributed by atoms with Gasteiger partial charge in [-0.2, -0.15) is 11.8 Å². The summed E-state index contributed by atoms with van der Waals surface area (Å²) >= 11 is 2.06. The molecule has 0 aromatic heterocycles. The van der Waals surface area contributed by atoms with Gasteiger partial charge in [0.15, 0.2) is 6.61 Å².